The summed E-state index contributed by atoms with van der Waals surface area (Å²) >= 11 is 23.0. The van der Waals surface area contributed by atoms with Crippen LogP contribution in [0.5, 0.6) is 0 Å². The summed E-state index contributed by atoms with van der Waals surface area (Å²) in [6.07, 6.45) is 10.2. The number of nitro groups is 2. The van der Waals surface area contributed by atoms with Crippen molar-refractivity contribution in [1.82, 2.24) is 0 Å². The van der Waals surface area contributed by atoms with Crippen LogP contribution in [-0.2, 0) is 6.42 Å². The Labute approximate surface area is 289 Å². The van der Waals surface area contributed by atoms with E-state index in [1.807, 2.05) is 0 Å². The first-order chi connectivity index (χ1) is 19.5. The molecule has 4 rings (SSSR count). The number of carbonyl (C=O) groups is 1. The van der Waals surface area contributed by atoms with E-state index in [1.54, 1.807) is 36.4 Å². The molecule has 2 saturated carbocycles. The van der Waals surface area contributed by atoms with Crippen molar-refractivity contribution in [3.8, 4) is 0 Å². The van der Waals surface area contributed by atoms with Crippen molar-refractivity contribution in [1.29, 1.82) is 0 Å². The van der Waals surface area contributed by atoms with Crippen molar-refractivity contribution < 1.29 is 54.4 Å². The number of rotatable bonds is 5. The summed E-state index contributed by atoms with van der Waals surface area (Å²) in [5, 5.41) is 38.8. The van der Waals surface area contributed by atoms with Gasteiger partial charge in [0.25, 0.3) is 0 Å². The van der Waals surface area contributed by atoms with Crippen LogP contribution in [0.25, 0.3) is 0 Å². The van der Waals surface area contributed by atoms with Gasteiger partial charge in [-0.1, -0.05) is 59.2 Å². The van der Waals surface area contributed by atoms with Gasteiger partial charge in [0.1, 0.15) is 6.29 Å². The van der Waals surface area contributed by atoms with E-state index in [0.717, 1.165) is 64.7 Å². The molecule has 0 aliphatic heterocycles. The summed E-state index contributed by atoms with van der Waals surface area (Å²) in [6.45, 7) is 0. The molecular formula is C28H37Cl4N2NaO7. The molecule has 0 atom stereocenters. The minimum Gasteiger partial charge on any atom is -0.857 e. The zero-order valence-electron chi connectivity index (χ0n) is 24.2. The van der Waals surface area contributed by atoms with Crippen LogP contribution >= 0.6 is 46.4 Å². The molecular weight excluding hydrogens is 641 g/mol. The van der Waals surface area contributed by atoms with Crippen molar-refractivity contribution in [2.45, 2.75) is 82.2 Å². The molecule has 0 aromatic heterocycles. The Kier molecular flexibility index (Phi) is 25.0. The summed E-state index contributed by atoms with van der Waals surface area (Å²) in [5.41, 5.74) is 0.523. The fourth-order valence-corrected chi connectivity index (χ4v) is 5.78. The molecule has 1 N–H and O–H groups in total. The summed E-state index contributed by atoms with van der Waals surface area (Å²) in [7, 11) is 1.75. The van der Waals surface area contributed by atoms with E-state index in [9.17, 15) is 25.0 Å². The smallest absolute Gasteiger partial charge is 0.857 e. The van der Waals surface area contributed by atoms with Crippen molar-refractivity contribution in [3.63, 3.8) is 0 Å². The average Bonchev–Trinajstić information content (AvgIpc) is 2.96. The Morgan fingerprint density at radius 3 is 1.55 bits per heavy atom. The number of halogens is 4. The Morgan fingerprint density at radius 1 is 0.786 bits per heavy atom. The number of aliphatic hydroxyl groups excluding tert-OH is 1. The summed E-state index contributed by atoms with van der Waals surface area (Å²) < 4.78 is 0. The van der Waals surface area contributed by atoms with E-state index in [4.69, 9.17) is 56.6 Å². The Balaban J connectivity index is 0. The maximum atomic E-state index is 11.4. The van der Waals surface area contributed by atoms with Gasteiger partial charge in [-0.05, 0) is 67.6 Å². The Hall–Kier alpha value is -1.01. The predicted octanol–water partition coefficient (Wildman–Crippen LogP) is 4.51. The van der Waals surface area contributed by atoms with Crippen LogP contribution in [0.4, 0.5) is 0 Å². The molecule has 42 heavy (non-hydrogen) atoms. The van der Waals surface area contributed by atoms with Gasteiger partial charge in [-0.3, -0.25) is 25.0 Å². The molecule has 0 heterocycles. The summed E-state index contributed by atoms with van der Waals surface area (Å²) in [6, 6.07) is 9.66. The first kappa shape index (κ1) is 43.1. The molecule has 2 aromatic carbocycles. The fraction of sp³-hybridized carbons (Fsp3) is 0.536. The molecule has 2 fully saturated rings. The van der Waals surface area contributed by atoms with Gasteiger partial charge in [-0.15, -0.1) is 0 Å². The number of benzene rings is 2. The summed E-state index contributed by atoms with van der Waals surface area (Å²) in [5.74, 6) is 0. The van der Waals surface area contributed by atoms with Crippen LogP contribution in [0, 0.1) is 20.2 Å². The number of aldehydes is 1. The van der Waals surface area contributed by atoms with Crippen LogP contribution in [0.2, 0.25) is 20.1 Å². The molecule has 2 aliphatic rings. The van der Waals surface area contributed by atoms with E-state index in [1.165, 1.54) is 6.42 Å². The molecule has 0 bridgehead atoms. The molecule has 14 heteroatoms. The molecule has 9 nitrogen and oxygen atoms in total. The monoisotopic (exact) mass is 676 g/mol. The minimum atomic E-state index is -0.827. The number of aliphatic hydroxyl groups is 1. The standard InChI is InChI=1S/C13H15Cl2NO2.C7H4Cl2O.C6H11NO2.CH4O.CH3O.Na/c14-11-6-10(7-12(15)8-11)9-13(16(17)18)4-2-1-3-5-13;8-6-1-5(4-10)2-7(9)3-6;8-7(9)6-4-2-1-3-5-6;2*1-2;/h6-8H,1-5,9H2;1-4H;6H,1-5H2;2H,1H3;1H3;/q;;;;-1;+1. The third-order valence-corrected chi connectivity index (χ3v) is 7.39. The molecule has 0 unspecified atom stereocenters. The largest absolute Gasteiger partial charge is 1.00 e. The van der Waals surface area contributed by atoms with E-state index in [-0.39, 0.29) is 45.4 Å². The quantitative estimate of drug-likeness (QED) is 0.212. The molecule has 230 valence electrons. The van der Waals surface area contributed by atoms with Gasteiger partial charge in [0.15, 0.2) is 0 Å². The van der Waals surface area contributed by atoms with Gasteiger partial charge < -0.3 is 10.2 Å². The summed E-state index contributed by atoms with van der Waals surface area (Å²) in [4.78, 5) is 31.5. The second-order valence-corrected chi connectivity index (χ2v) is 11.1. The first-order valence-corrected chi connectivity index (χ1v) is 14.6. The second-order valence-electron chi connectivity index (χ2n) is 9.39. The molecule has 2 aromatic rings. The topological polar surface area (TPSA) is 147 Å². The third-order valence-electron chi connectivity index (χ3n) is 6.52. The maximum Gasteiger partial charge on any atom is 1.00 e. The van der Waals surface area contributed by atoms with Crippen LogP contribution < -0.4 is 34.7 Å². The number of hydrogen-bond donors (Lipinski definition) is 1. The number of nitrogens with zero attached hydrogens (tertiary/aromatic N) is 2. The van der Waals surface area contributed by atoms with Crippen LogP contribution in [0.1, 0.15) is 80.1 Å². The van der Waals surface area contributed by atoms with Crippen LogP contribution in [0.3, 0.4) is 0 Å². The van der Waals surface area contributed by atoms with Crippen molar-refractivity contribution in [2.24, 2.45) is 0 Å². The minimum absolute atomic E-state index is 0. The van der Waals surface area contributed by atoms with Crippen molar-refractivity contribution in [2.75, 3.05) is 14.2 Å². The predicted molar refractivity (Wildman–Crippen MR) is 163 cm³/mol. The zero-order chi connectivity index (χ0) is 31.4. The molecule has 0 saturated heterocycles. The van der Waals surface area contributed by atoms with Gasteiger partial charge >= 0.3 is 29.6 Å². The first-order valence-electron chi connectivity index (χ1n) is 13.0. The van der Waals surface area contributed by atoms with Crippen molar-refractivity contribution >= 4 is 52.7 Å². The number of carbonyl (C=O) groups excluding carboxylic acids is 1. The van der Waals surface area contributed by atoms with Crippen LogP contribution in [-0.4, -0.2) is 47.0 Å². The second kappa shape index (κ2) is 24.3. The van der Waals surface area contributed by atoms with Gasteiger partial charge in [-0.25, -0.2) is 0 Å². The molecule has 2 aliphatic carbocycles. The van der Waals surface area contributed by atoms with Crippen molar-refractivity contribution in [3.05, 3.63) is 87.8 Å². The van der Waals surface area contributed by atoms with Gasteiger partial charge in [0.05, 0.1) is 0 Å². The third kappa shape index (κ3) is 16.7. The molecule has 0 amide bonds. The Morgan fingerprint density at radius 2 is 1.19 bits per heavy atom. The average molecular weight is 678 g/mol. The van der Waals surface area contributed by atoms with E-state index < -0.39 is 5.54 Å². The maximum absolute atomic E-state index is 11.4. The Bertz CT molecular complexity index is 1040. The SMILES string of the molecule is CO.C[O-].O=Cc1cc(Cl)cc(Cl)c1.O=[N+]([O-])C1(Cc2cc(Cl)cc(Cl)c2)CCCCC1.O=[N+]([O-])C1CCCCC1.[Na+]. The van der Waals surface area contributed by atoms with Gasteiger partial charge in [0, 0.05) is 74.7 Å². The molecule has 0 spiro atoms. The van der Waals surface area contributed by atoms with Crippen LogP contribution in [0.15, 0.2) is 36.4 Å². The van der Waals surface area contributed by atoms with E-state index >= 15 is 0 Å². The number of hydrogen-bond acceptors (Lipinski definition) is 7. The zero-order valence-corrected chi connectivity index (χ0v) is 29.2. The molecule has 0 radical (unpaired) electrons. The van der Waals surface area contributed by atoms with Gasteiger partial charge in [0.2, 0.25) is 11.6 Å². The fourth-order valence-electron chi connectivity index (χ4n) is 4.66. The van der Waals surface area contributed by atoms with E-state index in [0.29, 0.717) is 51.2 Å². The van der Waals surface area contributed by atoms with E-state index in [2.05, 4.69) is 0 Å². The normalized spacial score (nSPS) is 15.1. The van der Waals surface area contributed by atoms with Gasteiger partial charge in [-0.2, -0.15) is 7.11 Å².